The number of aryl methyl sites for hydroxylation is 1. The predicted octanol–water partition coefficient (Wildman–Crippen LogP) is 3.74. The summed E-state index contributed by atoms with van der Waals surface area (Å²) in [5.41, 5.74) is 5.73. The molecule has 1 amide bonds. The fraction of sp³-hybridized carbons (Fsp3) is 0.190. The molecule has 1 aliphatic carbocycles. The molecule has 1 heterocycles. The van der Waals surface area contributed by atoms with E-state index in [0.717, 1.165) is 17.5 Å². The number of esters is 1. The van der Waals surface area contributed by atoms with Crippen molar-refractivity contribution < 1.29 is 18.8 Å². The van der Waals surface area contributed by atoms with E-state index in [0.29, 0.717) is 11.3 Å². The Morgan fingerprint density at radius 3 is 2.67 bits per heavy atom. The highest BCUT2D eigenvalue weighted by Gasteiger charge is 2.23. The lowest BCUT2D eigenvalue weighted by atomic mass is 10.0. The number of carbonyl (C=O) groups excluding carboxylic acids is 2. The molecule has 0 spiro atoms. The third-order valence-electron chi connectivity index (χ3n) is 4.56. The summed E-state index contributed by atoms with van der Waals surface area (Å²) in [4.78, 5) is 24.6. The van der Waals surface area contributed by atoms with Gasteiger partial charge in [-0.1, -0.05) is 35.5 Å². The average Bonchev–Trinajstić information content (AvgIpc) is 3.23. The first kappa shape index (κ1) is 17.0. The van der Waals surface area contributed by atoms with Gasteiger partial charge in [0.25, 0.3) is 5.91 Å². The van der Waals surface area contributed by atoms with Crippen LogP contribution in [0, 0.1) is 6.92 Å². The van der Waals surface area contributed by atoms with E-state index in [-0.39, 0.29) is 5.88 Å². The fourth-order valence-electron chi connectivity index (χ4n) is 3.20. The molecular formula is C21H18N2O4. The molecule has 1 aromatic heterocycles. The van der Waals surface area contributed by atoms with Crippen molar-refractivity contribution in [1.82, 2.24) is 5.16 Å². The van der Waals surface area contributed by atoms with E-state index < -0.39 is 18.0 Å². The summed E-state index contributed by atoms with van der Waals surface area (Å²) in [6.45, 7) is 3.26. The highest BCUT2D eigenvalue weighted by atomic mass is 16.5. The van der Waals surface area contributed by atoms with Crippen LogP contribution in [-0.4, -0.2) is 23.1 Å². The van der Waals surface area contributed by atoms with Gasteiger partial charge in [0.05, 0.1) is 11.3 Å². The predicted molar refractivity (Wildman–Crippen MR) is 99.4 cm³/mol. The minimum absolute atomic E-state index is 0.218. The highest BCUT2D eigenvalue weighted by Crippen LogP contribution is 2.36. The van der Waals surface area contributed by atoms with Crippen molar-refractivity contribution in [3.05, 3.63) is 70.9 Å². The van der Waals surface area contributed by atoms with E-state index in [1.165, 1.54) is 18.1 Å². The maximum atomic E-state index is 12.5. The number of fused-ring (bicyclic) bond motifs is 3. The number of carbonyl (C=O) groups is 2. The van der Waals surface area contributed by atoms with E-state index in [4.69, 9.17) is 9.26 Å². The van der Waals surface area contributed by atoms with Crippen molar-refractivity contribution in [3.63, 3.8) is 0 Å². The van der Waals surface area contributed by atoms with Crippen LogP contribution >= 0.6 is 0 Å². The average molecular weight is 362 g/mol. The molecule has 0 aliphatic heterocycles. The number of rotatable bonds is 4. The molecule has 6 heteroatoms. The normalized spacial score (nSPS) is 12.8. The summed E-state index contributed by atoms with van der Waals surface area (Å²) >= 11 is 0. The Labute approximate surface area is 156 Å². The van der Waals surface area contributed by atoms with Gasteiger partial charge in [0, 0.05) is 6.07 Å². The molecule has 0 fully saturated rings. The molecule has 0 bridgehead atoms. The topological polar surface area (TPSA) is 81.4 Å². The molecular weight excluding hydrogens is 344 g/mol. The molecule has 4 rings (SSSR count). The standard InChI is InChI=1S/C21H18N2O4/c1-12-9-19(27-23-12)22-20(24)13(2)26-21(25)15-7-8-18-16(11-15)10-14-5-3-4-6-17(14)18/h3-9,11,13H,10H2,1-2H3,(H,22,24). The molecule has 6 nitrogen and oxygen atoms in total. The molecule has 1 N–H and O–H groups in total. The maximum Gasteiger partial charge on any atom is 0.338 e. The molecule has 136 valence electrons. The molecule has 0 saturated heterocycles. The van der Waals surface area contributed by atoms with Crippen molar-refractivity contribution in [1.29, 1.82) is 0 Å². The zero-order chi connectivity index (χ0) is 19.0. The first-order valence-electron chi connectivity index (χ1n) is 8.67. The van der Waals surface area contributed by atoms with Gasteiger partial charge < -0.3 is 9.26 Å². The Hall–Kier alpha value is -3.41. The SMILES string of the molecule is Cc1cc(NC(=O)C(C)OC(=O)c2ccc3c(c2)Cc2ccccc2-3)on1. The Morgan fingerprint density at radius 1 is 1.11 bits per heavy atom. The van der Waals surface area contributed by atoms with Crippen LogP contribution in [-0.2, 0) is 16.0 Å². The third kappa shape index (κ3) is 3.33. The van der Waals surface area contributed by atoms with Crippen molar-refractivity contribution in [2.45, 2.75) is 26.4 Å². The van der Waals surface area contributed by atoms with Crippen molar-refractivity contribution in [2.24, 2.45) is 0 Å². The first-order chi connectivity index (χ1) is 13.0. The van der Waals surface area contributed by atoms with Crippen molar-refractivity contribution >= 4 is 17.8 Å². The van der Waals surface area contributed by atoms with E-state index in [9.17, 15) is 9.59 Å². The third-order valence-corrected chi connectivity index (χ3v) is 4.56. The van der Waals surface area contributed by atoms with Crippen molar-refractivity contribution in [3.8, 4) is 11.1 Å². The van der Waals surface area contributed by atoms with Gasteiger partial charge in [0.15, 0.2) is 6.10 Å². The van der Waals surface area contributed by atoms with Gasteiger partial charge in [-0.2, -0.15) is 0 Å². The maximum absolute atomic E-state index is 12.5. The second-order valence-electron chi connectivity index (χ2n) is 6.58. The summed E-state index contributed by atoms with van der Waals surface area (Å²) in [5.74, 6) is -0.797. The summed E-state index contributed by atoms with van der Waals surface area (Å²) in [7, 11) is 0. The van der Waals surface area contributed by atoms with Gasteiger partial charge in [0.2, 0.25) is 5.88 Å². The van der Waals surface area contributed by atoms with Crippen molar-refractivity contribution in [2.75, 3.05) is 5.32 Å². The van der Waals surface area contributed by atoms with Gasteiger partial charge in [0.1, 0.15) is 0 Å². The number of ether oxygens (including phenoxy) is 1. The molecule has 0 saturated carbocycles. The van der Waals surface area contributed by atoms with E-state index in [1.54, 1.807) is 19.1 Å². The largest absolute Gasteiger partial charge is 0.449 e. The first-order valence-corrected chi connectivity index (χ1v) is 8.67. The molecule has 2 aromatic carbocycles. The number of hydrogen-bond donors (Lipinski definition) is 1. The van der Waals surface area contributed by atoms with Gasteiger partial charge >= 0.3 is 5.97 Å². The Bertz CT molecular complexity index is 1040. The number of nitrogens with zero attached hydrogens (tertiary/aromatic N) is 1. The van der Waals surface area contributed by atoms with Crippen LogP contribution in [0.2, 0.25) is 0 Å². The number of anilines is 1. The van der Waals surface area contributed by atoms with Gasteiger partial charge in [-0.15, -0.1) is 0 Å². The minimum atomic E-state index is -0.964. The minimum Gasteiger partial charge on any atom is -0.449 e. The van der Waals surface area contributed by atoms with E-state index in [1.807, 2.05) is 24.3 Å². The lowest BCUT2D eigenvalue weighted by molar-refractivity contribution is -0.123. The van der Waals surface area contributed by atoms with Gasteiger partial charge in [-0.3, -0.25) is 10.1 Å². The molecule has 0 radical (unpaired) electrons. The number of aromatic nitrogens is 1. The molecule has 27 heavy (non-hydrogen) atoms. The number of nitrogens with one attached hydrogen (secondary N) is 1. The Balaban J connectivity index is 1.44. The summed E-state index contributed by atoms with van der Waals surface area (Å²) < 4.78 is 10.2. The number of hydrogen-bond acceptors (Lipinski definition) is 5. The van der Waals surface area contributed by atoms with Crippen LogP contribution in [0.15, 0.2) is 53.1 Å². The Morgan fingerprint density at radius 2 is 1.89 bits per heavy atom. The van der Waals surface area contributed by atoms with E-state index >= 15 is 0 Å². The molecule has 1 aliphatic rings. The Kier molecular flexibility index (Phi) is 4.24. The zero-order valence-electron chi connectivity index (χ0n) is 15.0. The fourth-order valence-corrected chi connectivity index (χ4v) is 3.20. The smallest absolute Gasteiger partial charge is 0.338 e. The van der Waals surface area contributed by atoms with Crippen LogP contribution in [0.1, 0.15) is 34.1 Å². The monoisotopic (exact) mass is 362 g/mol. The lowest BCUT2D eigenvalue weighted by Gasteiger charge is -2.12. The highest BCUT2D eigenvalue weighted by molar-refractivity contribution is 5.97. The second-order valence-corrected chi connectivity index (χ2v) is 6.58. The lowest BCUT2D eigenvalue weighted by Crippen LogP contribution is -2.29. The van der Waals surface area contributed by atoms with Crippen LogP contribution in [0.3, 0.4) is 0 Å². The van der Waals surface area contributed by atoms with Crippen LogP contribution in [0.25, 0.3) is 11.1 Å². The second kappa shape index (κ2) is 6.72. The van der Waals surface area contributed by atoms with Gasteiger partial charge in [-0.05, 0) is 54.7 Å². The van der Waals surface area contributed by atoms with Crippen LogP contribution in [0.5, 0.6) is 0 Å². The van der Waals surface area contributed by atoms with E-state index in [2.05, 4.69) is 22.6 Å². The molecule has 1 atom stereocenters. The zero-order valence-corrected chi connectivity index (χ0v) is 15.0. The van der Waals surface area contributed by atoms with Gasteiger partial charge in [-0.25, -0.2) is 4.79 Å². The number of amides is 1. The summed E-state index contributed by atoms with van der Waals surface area (Å²) in [5, 5.41) is 6.22. The van der Waals surface area contributed by atoms with Crippen LogP contribution in [0.4, 0.5) is 5.88 Å². The molecule has 1 unspecified atom stereocenters. The van der Waals surface area contributed by atoms with Crippen LogP contribution < -0.4 is 5.32 Å². The summed E-state index contributed by atoms with van der Waals surface area (Å²) in [6.07, 6.45) is -0.179. The summed E-state index contributed by atoms with van der Waals surface area (Å²) in [6, 6.07) is 15.3. The number of benzene rings is 2. The quantitative estimate of drug-likeness (QED) is 0.559. The molecule has 3 aromatic rings.